The second-order valence-electron chi connectivity index (χ2n) is 7.07. The van der Waals surface area contributed by atoms with Crippen LogP contribution in [0.4, 0.5) is 10.8 Å². The number of benzene rings is 2. The number of methoxy groups -OCH3 is 1. The van der Waals surface area contributed by atoms with Crippen molar-refractivity contribution in [3.8, 4) is 22.9 Å². The van der Waals surface area contributed by atoms with Crippen molar-refractivity contribution in [2.75, 3.05) is 24.5 Å². The van der Waals surface area contributed by atoms with E-state index in [1.165, 1.54) is 34.7 Å². The van der Waals surface area contributed by atoms with Crippen LogP contribution in [0.25, 0.3) is 11.4 Å². The second kappa shape index (κ2) is 10.6. The lowest BCUT2D eigenvalue weighted by atomic mass is 10.2. The lowest BCUT2D eigenvalue weighted by Gasteiger charge is -2.20. The van der Waals surface area contributed by atoms with Gasteiger partial charge in [-0.1, -0.05) is 23.9 Å². The van der Waals surface area contributed by atoms with Crippen molar-refractivity contribution < 1.29 is 14.3 Å². The average Bonchev–Trinajstić information content (AvgIpc) is 3.45. The number of aromatic nitrogens is 4. The van der Waals surface area contributed by atoms with Gasteiger partial charge in [-0.3, -0.25) is 9.69 Å². The largest absolute Gasteiger partial charge is 0.495 e. The van der Waals surface area contributed by atoms with E-state index in [0.29, 0.717) is 39.9 Å². The number of ether oxygens (including phenoxy) is 2. The van der Waals surface area contributed by atoms with E-state index in [4.69, 9.17) is 15.3 Å². The van der Waals surface area contributed by atoms with Crippen molar-refractivity contribution in [3.05, 3.63) is 59.6 Å². The molecule has 0 aliphatic rings. The molecule has 0 bridgehead atoms. The highest BCUT2D eigenvalue weighted by Crippen LogP contribution is 2.36. The van der Waals surface area contributed by atoms with Crippen molar-refractivity contribution in [2.45, 2.75) is 24.8 Å². The minimum atomic E-state index is -0.153. The molecule has 176 valence electrons. The first-order valence-electron chi connectivity index (χ1n) is 10.5. The Kier molecular flexibility index (Phi) is 7.33. The fraction of sp³-hybridized carbons (Fsp3) is 0.217. The van der Waals surface area contributed by atoms with Gasteiger partial charge in [-0.05, 0) is 43.3 Å². The Balaban J connectivity index is 1.48. The fourth-order valence-corrected chi connectivity index (χ4v) is 5.00. The molecule has 0 spiro atoms. The summed E-state index contributed by atoms with van der Waals surface area (Å²) >= 11 is 2.81. The molecule has 2 N–H and O–H groups in total. The number of anilines is 2. The van der Waals surface area contributed by atoms with Crippen LogP contribution >= 0.6 is 23.1 Å². The summed E-state index contributed by atoms with van der Waals surface area (Å²) in [6.07, 6.45) is 0. The van der Waals surface area contributed by atoms with Crippen LogP contribution < -0.4 is 20.2 Å². The van der Waals surface area contributed by atoms with Gasteiger partial charge in [-0.2, -0.15) is 0 Å². The number of hydrogen-bond acceptors (Lipinski definition) is 9. The molecule has 0 unspecified atom stereocenters. The Bertz CT molecular complexity index is 1270. The zero-order chi connectivity index (χ0) is 24.1. The number of nitrogens with zero attached hydrogens (tertiary/aromatic N) is 5. The zero-order valence-electron chi connectivity index (χ0n) is 19.0. The minimum absolute atomic E-state index is 0.153. The summed E-state index contributed by atoms with van der Waals surface area (Å²) in [5.41, 5.74) is 2.29. The molecule has 0 saturated heterocycles. The van der Waals surface area contributed by atoms with Gasteiger partial charge in [0.15, 0.2) is 11.0 Å². The maximum Gasteiger partial charge on any atom is 0.230 e. The third kappa shape index (κ3) is 5.00. The van der Waals surface area contributed by atoms with Crippen molar-refractivity contribution in [2.24, 2.45) is 0 Å². The van der Waals surface area contributed by atoms with E-state index in [2.05, 4.69) is 15.2 Å². The molecule has 9 nitrogen and oxygen atoms in total. The molecule has 4 rings (SSSR count). The molecule has 4 aromatic rings. The molecule has 0 atom stereocenters. The van der Waals surface area contributed by atoms with Crippen LogP contribution in [-0.2, 0) is 10.5 Å². The second-order valence-corrected chi connectivity index (χ2v) is 8.85. The van der Waals surface area contributed by atoms with Gasteiger partial charge in [0, 0.05) is 23.6 Å². The number of nitrogen functional groups attached to an aromatic ring is 1. The highest BCUT2D eigenvalue weighted by molar-refractivity contribution is 7.98. The van der Waals surface area contributed by atoms with E-state index in [-0.39, 0.29) is 5.91 Å². The monoisotopic (exact) mass is 496 g/mol. The fourth-order valence-electron chi connectivity index (χ4n) is 3.26. The van der Waals surface area contributed by atoms with Crippen molar-refractivity contribution in [1.29, 1.82) is 0 Å². The van der Waals surface area contributed by atoms with Gasteiger partial charge in [-0.15, -0.1) is 21.5 Å². The summed E-state index contributed by atoms with van der Waals surface area (Å²) in [7, 11) is 1.58. The van der Waals surface area contributed by atoms with Gasteiger partial charge >= 0.3 is 0 Å². The molecular formula is C23H24N6O3S2. The van der Waals surface area contributed by atoms with Crippen molar-refractivity contribution in [3.63, 3.8) is 0 Å². The van der Waals surface area contributed by atoms with Gasteiger partial charge < -0.3 is 15.3 Å². The zero-order valence-corrected chi connectivity index (χ0v) is 20.6. The summed E-state index contributed by atoms with van der Waals surface area (Å²) in [6.45, 7) is 4.05. The lowest BCUT2D eigenvalue weighted by molar-refractivity contribution is -0.115. The van der Waals surface area contributed by atoms with E-state index in [1.807, 2.05) is 60.8 Å². The molecule has 2 aromatic carbocycles. The van der Waals surface area contributed by atoms with Crippen LogP contribution in [-0.4, -0.2) is 39.5 Å². The smallest absolute Gasteiger partial charge is 0.230 e. The first-order chi connectivity index (χ1) is 16.5. The van der Waals surface area contributed by atoms with Gasteiger partial charge in [-0.25, -0.2) is 9.66 Å². The highest BCUT2D eigenvalue weighted by Gasteiger charge is 2.21. The topological polar surface area (TPSA) is 108 Å². The van der Waals surface area contributed by atoms with E-state index in [1.54, 1.807) is 12.0 Å². The Morgan fingerprint density at radius 1 is 1.18 bits per heavy atom. The number of carbonyl (C=O) groups excluding carboxylic acids is 1. The number of carbonyl (C=O) groups is 1. The van der Waals surface area contributed by atoms with Gasteiger partial charge in [0.2, 0.25) is 11.1 Å². The van der Waals surface area contributed by atoms with Crippen LogP contribution in [0.2, 0.25) is 0 Å². The molecule has 11 heteroatoms. The van der Waals surface area contributed by atoms with Crippen LogP contribution in [0.15, 0.2) is 59.1 Å². The molecule has 1 amide bonds. The predicted molar refractivity (Wildman–Crippen MR) is 134 cm³/mol. The average molecular weight is 497 g/mol. The highest BCUT2D eigenvalue weighted by atomic mass is 32.2. The first kappa shape index (κ1) is 23.6. The van der Waals surface area contributed by atoms with E-state index in [0.717, 1.165) is 17.0 Å². The summed E-state index contributed by atoms with van der Waals surface area (Å²) in [5, 5.41) is 11.5. The molecule has 0 saturated carbocycles. The summed E-state index contributed by atoms with van der Waals surface area (Å²) in [4.78, 5) is 18.6. The number of nitrogens with two attached hydrogens (primary N) is 1. The summed E-state index contributed by atoms with van der Waals surface area (Å²) < 4.78 is 12.4. The number of thiazole rings is 1. The van der Waals surface area contributed by atoms with E-state index >= 15 is 0 Å². The first-order valence-corrected chi connectivity index (χ1v) is 12.3. The van der Waals surface area contributed by atoms with Gasteiger partial charge in [0.05, 0.1) is 25.1 Å². The molecular weight excluding hydrogens is 472 g/mol. The van der Waals surface area contributed by atoms with E-state index in [9.17, 15) is 4.79 Å². The standard InChI is InChI=1S/C23H24N6O3S2/c1-4-32-18-11-9-16(10-12-18)21-26-27-23(29(21)24)34-14-17-13-33-22(25-17)28(15(2)30)19-7-5-6-8-20(19)31-3/h5-13H,4,14,24H2,1-3H3. The molecule has 0 radical (unpaired) electrons. The van der Waals surface area contributed by atoms with Crippen molar-refractivity contribution in [1.82, 2.24) is 19.9 Å². The molecule has 2 aromatic heterocycles. The number of thioether (sulfide) groups is 1. The Morgan fingerprint density at radius 3 is 2.65 bits per heavy atom. The quantitative estimate of drug-likeness (QED) is 0.267. The molecule has 0 aliphatic carbocycles. The predicted octanol–water partition coefficient (Wildman–Crippen LogP) is 4.50. The van der Waals surface area contributed by atoms with Gasteiger partial charge in [0.25, 0.3) is 0 Å². The number of para-hydroxylation sites is 2. The van der Waals surface area contributed by atoms with Gasteiger partial charge in [0.1, 0.15) is 11.5 Å². The van der Waals surface area contributed by atoms with E-state index < -0.39 is 0 Å². The van der Waals surface area contributed by atoms with Crippen LogP contribution in [0.5, 0.6) is 11.5 Å². The Hall–Kier alpha value is -3.57. The maximum absolute atomic E-state index is 12.4. The number of amides is 1. The van der Waals surface area contributed by atoms with Crippen LogP contribution in [0.1, 0.15) is 19.5 Å². The third-order valence-electron chi connectivity index (χ3n) is 4.81. The lowest BCUT2D eigenvalue weighted by Crippen LogP contribution is -2.23. The molecule has 0 fully saturated rings. The summed E-state index contributed by atoms with van der Waals surface area (Å²) in [5.74, 6) is 8.57. The third-order valence-corrected chi connectivity index (χ3v) is 6.66. The SMILES string of the molecule is CCOc1ccc(-c2nnc(SCc3csc(N(C(C)=O)c4ccccc4OC)n3)n2N)cc1. The Morgan fingerprint density at radius 2 is 1.94 bits per heavy atom. The van der Waals surface area contributed by atoms with Crippen molar-refractivity contribution >= 4 is 39.8 Å². The molecule has 2 heterocycles. The molecule has 0 aliphatic heterocycles. The van der Waals surface area contributed by atoms with Crippen LogP contribution in [0.3, 0.4) is 0 Å². The Labute approximate surface area is 205 Å². The molecule has 34 heavy (non-hydrogen) atoms. The summed E-state index contributed by atoms with van der Waals surface area (Å²) in [6, 6.07) is 14.9. The van der Waals surface area contributed by atoms with Crippen LogP contribution in [0, 0.1) is 0 Å². The number of hydrogen-bond donors (Lipinski definition) is 1. The number of rotatable bonds is 9. The maximum atomic E-state index is 12.4. The normalized spacial score (nSPS) is 10.8. The minimum Gasteiger partial charge on any atom is -0.495 e.